The van der Waals surface area contributed by atoms with Gasteiger partial charge in [-0.05, 0) is 26.5 Å². The second-order valence-corrected chi connectivity index (χ2v) is 7.08. The minimum Gasteiger partial charge on any atom is -0.469 e. The van der Waals surface area contributed by atoms with Crippen LogP contribution < -0.4 is 0 Å². The van der Waals surface area contributed by atoms with Crippen LogP contribution >= 0.6 is 11.8 Å². The van der Waals surface area contributed by atoms with Crippen molar-refractivity contribution >= 4 is 17.7 Å². The minimum absolute atomic E-state index is 0.120. The van der Waals surface area contributed by atoms with Gasteiger partial charge in [-0.3, -0.25) is 4.79 Å². The maximum atomic E-state index is 12.6. The molecule has 0 bridgehead atoms. The number of thioether (sulfide) groups is 1. The third kappa shape index (κ3) is 3.64. The fraction of sp³-hybridized carbons (Fsp3) is 0.562. The zero-order valence-electron chi connectivity index (χ0n) is 14.2. The molecule has 1 atom stereocenters. The van der Waals surface area contributed by atoms with Crippen LogP contribution in [0.5, 0.6) is 0 Å². The Bertz CT molecular complexity index is 691. The van der Waals surface area contributed by atoms with E-state index in [1.807, 2.05) is 18.7 Å². The second-order valence-electron chi connectivity index (χ2n) is 5.78. The topological polar surface area (TPSA) is 75.6 Å². The largest absolute Gasteiger partial charge is 0.469 e. The van der Waals surface area contributed by atoms with Gasteiger partial charge in [-0.1, -0.05) is 18.7 Å². The zero-order valence-corrected chi connectivity index (χ0v) is 15.0. The van der Waals surface area contributed by atoms with E-state index in [-0.39, 0.29) is 11.2 Å². The van der Waals surface area contributed by atoms with E-state index in [0.717, 1.165) is 44.0 Å². The average Bonchev–Trinajstić information content (AvgIpc) is 3.22. The lowest BCUT2D eigenvalue weighted by Gasteiger charge is -2.35. The molecule has 3 rings (SSSR count). The van der Waals surface area contributed by atoms with Crippen LogP contribution in [0.1, 0.15) is 19.6 Å². The first kappa shape index (κ1) is 17.0. The third-order valence-electron chi connectivity index (χ3n) is 4.25. The zero-order chi connectivity index (χ0) is 17.1. The lowest BCUT2D eigenvalue weighted by atomic mass is 10.3. The van der Waals surface area contributed by atoms with Gasteiger partial charge in [0.05, 0.1) is 17.1 Å². The number of rotatable bonds is 5. The van der Waals surface area contributed by atoms with E-state index in [1.165, 1.54) is 11.8 Å². The molecule has 1 aliphatic rings. The van der Waals surface area contributed by atoms with E-state index in [9.17, 15) is 4.79 Å². The molecule has 7 nitrogen and oxygen atoms in total. The van der Waals surface area contributed by atoms with Gasteiger partial charge >= 0.3 is 0 Å². The summed E-state index contributed by atoms with van der Waals surface area (Å²) in [5, 5.41) is 8.22. The summed E-state index contributed by atoms with van der Waals surface area (Å²) in [5.74, 6) is 1.27. The standard InChI is InChI=1S/C16H22N4O3S/c1-4-19-6-8-20(9-7-19)15(21)12(3)24-16-18-17-14(23-16)13-5-10-22-11(13)2/h5,10,12H,4,6-9H2,1-3H3. The van der Waals surface area contributed by atoms with Crippen molar-refractivity contribution in [3.05, 3.63) is 18.1 Å². The smallest absolute Gasteiger partial charge is 0.277 e. The Morgan fingerprint density at radius 1 is 1.33 bits per heavy atom. The molecule has 0 aliphatic carbocycles. The van der Waals surface area contributed by atoms with Gasteiger partial charge in [-0.2, -0.15) is 0 Å². The minimum atomic E-state index is -0.253. The third-order valence-corrected chi connectivity index (χ3v) is 5.17. The van der Waals surface area contributed by atoms with E-state index in [4.69, 9.17) is 8.83 Å². The summed E-state index contributed by atoms with van der Waals surface area (Å²) < 4.78 is 10.9. The fourth-order valence-electron chi connectivity index (χ4n) is 2.72. The Hall–Kier alpha value is -1.80. The highest BCUT2D eigenvalue weighted by atomic mass is 32.2. The van der Waals surface area contributed by atoms with E-state index >= 15 is 0 Å². The van der Waals surface area contributed by atoms with Crippen LogP contribution in [-0.2, 0) is 4.79 Å². The average molecular weight is 350 g/mol. The van der Waals surface area contributed by atoms with Crippen LogP contribution in [0.25, 0.3) is 11.5 Å². The first-order valence-corrected chi connectivity index (χ1v) is 9.02. The van der Waals surface area contributed by atoms with Gasteiger partial charge in [-0.25, -0.2) is 0 Å². The van der Waals surface area contributed by atoms with Gasteiger partial charge in [0.15, 0.2) is 0 Å². The molecule has 0 saturated carbocycles. The van der Waals surface area contributed by atoms with Crippen LogP contribution in [0.3, 0.4) is 0 Å². The number of likely N-dealkylation sites (N-methyl/N-ethyl adjacent to an activating group) is 1. The molecule has 1 unspecified atom stereocenters. The van der Waals surface area contributed by atoms with E-state index in [0.29, 0.717) is 11.1 Å². The predicted molar refractivity (Wildman–Crippen MR) is 90.8 cm³/mol. The van der Waals surface area contributed by atoms with Gasteiger partial charge in [0.1, 0.15) is 5.76 Å². The van der Waals surface area contributed by atoms with Crippen molar-refractivity contribution in [2.24, 2.45) is 0 Å². The summed E-state index contributed by atoms with van der Waals surface area (Å²) in [4.78, 5) is 16.8. The Labute approximate surface area is 145 Å². The van der Waals surface area contributed by atoms with Gasteiger partial charge < -0.3 is 18.6 Å². The van der Waals surface area contributed by atoms with Crippen LogP contribution in [0.4, 0.5) is 0 Å². The molecule has 2 aromatic rings. The predicted octanol–water partition coefficient (Wildman–Crippen LogP) is 2.28. The summed E-state index contributed by atoms with van der Waals surface area (Å²) in [5.41, 5.74) is 0.781. The molecular formula is C16H22N4O3S. The molecule has 1 fully saturated rings. The molecule has 1 saturated heterocycles. The van der Waals surface area contributed by atoms with Crippen molar-refractivity contribution in [1.82, 2.24) is 20.0 Å². The van der Waals surface area contributed by atoms with Crippen LogP contribution in [0.15, 0.2) is 26.4 Å². The molecule has 0 aromatic carbocycles. The number of hydrogen-bond donors (Lipinski definition) is 0. The normalized spacial score (nSPS) is 17.2. The molecule has 2 aromatic heterocycles. The van der Waals surface area contributed by atoms with Crippen LogP contribution in [0, 0.1) is 6.92 Å². The molecule has 0 N–H and O–H groups in total. The van der Waals surface area contributed by atoms with Gasteiger partial charge in [0.2, 0.25) is 5.91 Å². The first-order chi connectivity index (χ1) is 11.6. The molecule has 8 heteroatoms. The summed E-state index contributed by atoms with van der Waals surface area (Å²) >= 11 is 1.30. The summed E-state index contributed by atoms with van der Waals surface area (Å²) in [6.07, 6.45) is 1.59. The number of aryl methyl sites for hydroxylation is 1. The molecule has 1 amide bonds. The maximum Gasteiger partial charge on any atom is 0.277 e. The molecule has 24 heavy (non-hydrogen) atoms. The van der Waals surface area contributed by atoms with Crippen LogP contribution in [-0.4, -0.2) is 63.9 Å². The summed E-state index contributed by atoms with van der Waals surface area (Å²) in [6, 6.07) is 1.79. The van der Waals surface area contributed by atoms with Gasteiger partial charge in [-0.15, -0.1) is 10.2 Å². The van der Waals surface area contributed by atoms with Gasteiger partial charge in [0, 0.05) is 26.2 Å². The van der Waals surface area contributed by atoms with Crippen LogP contribution in [0.2, 0.25) is 0 Å². The fourth-order valence-corrected chi connectivity index (χ4v) is 3.48. The lowest BCUT2D eigenvalue weighted by Crippen LogP contribution is -2.50. The lowest BCUT2D eigenvalue weighted by molar-refractivity contribution is -0.132. The van der Waals surface area contributed by atoms with E-state index < -0.39 is 0 Å². The Morgan fingerprint density at radius 2 is 2.08 bits per heavy atom. The molecule has 3 heterocycles. The highest BCUT2D eigenvalue weighted by molar-refractivity contribution is 8.00. The molecular weight excluding hydrogens is 328 g/mol. The number of carbonyl (C=O) groups is 1. The Kier molecular flexibility index (Phi) is 5.25. The van der Waals surface area contributed by atoms with Crippen molar-refractivity contribution in [3.63, 3.8) is 0 Å². The van der Waals surface area contributed by atoms with Crippen molar-refractivity contribution in [3.8, 4) is 11.5 Å². The van der Waals surface area contributed by atoms with Crippen molar-refractivity contribution in [1.29, 1.82) is 0 Å². The number of nitrogens with zero attached hydrogens (tertiary/aromatic N) is 4. The van der Waals surface area contributed by atoms with Crippen molar-refractivity contribution < 1.29 is 13.6 Å². The Balaban J connectivity index is 1.59. The summed E-state index contributed by atoms with van der Waals surface area (Å²) in [6.45, 7) is 10.3. The SMILES string of the molecule is CCN1CCN(C(=O)C(C)Sc2nnc(-c3ccoc3C)o2)CC1. The molecule has 130 valence electrons. The number of hydrogen-bond acceptors (Lipinski definition) is 7. The van der Waals surface area contributed by atoms with E-state index in [1.54, 1.807) is 12.3 Å². The molecule has 0 spiro atoms. The Morgan fingerprint density at radius 3 is 2.71 bits per heavy atom. The number of amides is 1. The molecule has 1 aliphatic heterocycles. The highest BCUT2D eigenvalue weighted by Crippen LogP contribution is 2.29. The second kappa shape index (κ2) is 7.40. The maximum absolute atomic E-state index is 12.6. The number of furan rings is 1. The molecule has 0 radical (unpaired) electrons. The first-order valence-electron chi connectivity index (χ1n) is 8.14. The highest BCUT2D eigenvalue weighted by Gasteiger charge is 2.26. The number of carbonyl (C=O) groups excluding carboxylic acids is 1. The number of piperazine rings is 1. The summed E-state index contributed by atoms with van der Waals surface area (Å²) in [7, 11) is 0. The van der Waals surface area contributed by atoms with Crippen molar-refractivity contribution in [2.45, 2.75) is 31.2 Å². The number of aromatic nitrogens is 2. The monoisotopic (exact) mass is 350 g/mol. The van der Waals surface area contributed by atoms with E-state index in [2.05, 4.69) is 22.0 Å². The van der Waals surface area contributed by atoms with Gasteiger partial charge in [0.25, 0.3) is 11.1 Å². The quantitative estimate of drug-likeness (QED) is 0.766. The van der Waals surface area contributed by atoms with Crippen molar-refractivity contribution in [2.75, 3.05) is 32.7 Å².